The zero-order chi connectivity index (χ0) is 15.2. The van der Waals surface area contributed by atoms with Crippen LogP contribution in [0, 0.1) is 13.8 Å². The van der Waals surface area contributed by atoms with Crippen LogP contribution in [0.3, 0.4) is 0 Å². The average Bonchev–Trinajstić information content (AvgIpc) is 2.83. The van der Waals surface area contributed by atoms with Gasteiger partial charge in [0.05, 0.1) is 5.56 Å². The number of hydrogen-bond acceptors (Lipinski definition) is 3. The van der Waals surface area contributed by atoms with Gasteiger partial charge in [0.15, 0.2) is 0 Å². The highest BCUT2D eigenvalue weighted by atomic mass is 32.1. The van der Waals surface area contributed by atoms with Gasteiger partial charge >= 0.3 is 0 Å². The quantitative estimate of drug-likeness (QED) is 0.834. The van der Waals surface area contributed by atoms with Gasteiger partial charge in [0.2, 0.25) is 0 Å². The topological polar surface area (TPSA) is 58.2 Å². The number of hydrogen-bond donors (Lipinski definition) is 2. The highest BCUT2D eigenvalue weighted by molar-refractivity contribution is 7.12. The summed E-state index contributed by atoms with van der Waals surface area (Å²) in [6.07, 6.45) is 0. The molecule has 1 aromatic heterocycles. The molecule has 2 aromatic rings. The van der Waals surface area contributed by atoms with E-state index in [9.17, 15) is 9.59 Å². The van der Waals surface area contributed by atoms with E-state index in [0.29, 0.717) is 24.2 Å². The second-order valence-corrected chi connectivity index (χ2v) is 6.17. The van der Waals surface area contributed by atoms with Crippen molar-refractivity contribution in [2.45, 2.75) is 13.8 Å². The zero-order valence-electron chi connectivity index (χ0n) is 12.1. The molecule has 0 radical (unpaired) electrons. The molecule has 0 fully saturated rings. The second-order valence-electron chi connectivity index (χ2n) is 4.70. The highest BCUT2D eigenvalue weighted by Crippen LogP contribution is 2.20. The van der Waals surface area contributed by atoms with Crippen LogP contribution in [0.4, 0.5) is 0 Å². The van der Waals surface area contributed by atoms with E-state index in [2.05, 4.69) is 10.6 Å². The van der Waals surface area contributed by atoms with Gasteiger partial charge in [-0.3, -0.25) is 9.59 Å². The Balaban J connectivity index is 1.76. The minimum atomic E-state index is -0.132. The Morgan fingerprint density at radius 2 is 1.62 bits per heavy atom. The SMILES string of the molecule is Cc1cc(C(=O)NCCNC(=O)c2ccccc2)c(C)s1. The Morgan fingerprint density at radius 1 is 1.00 bits per heavy atom. The lowest BCUT2D eigenvalue weighted by molar-refractivity contribution is 0.0927. The van der Waals surface area contributed by atoms with Gasteiger partial charge in [-0.1, -0.05) is 18.2 Å². The second kappa shape index (κ2) is 7.04. The van der Waals surface area contributed by atoms with Gasteiger partial charge in [-0.15, -0.1) is 11.3 Å². The Kier molecular flexibility index (Phi) is 5.11. The number of rotatable bonds is 5. The molecule has 21 heavy (non-hydrogen) atoms. The summed E-state index contributed by atoms with van der Waals surface area (Å²) in [5.41, 5.74) is 1.33. The minimum Gasteiger partial charge on any atom is -0.350 e. The van der Waals surface area contributed by atoms with Gasteiger partial charge in [0.1, 0.15) is 0 Å². The van der Waals surface area contributed by atoms with E-state index < -0.39 is 0 Å². The fourth-order valence-electron chi connectivity index (χ4n) is 2.00. The first kappa shape index (κ1) is 15.3. The van der Waals surface area contributed by atoms with Crippen LogP contribution in [0.5, 0.6) is 0 Å². The van der Waals surface area contributed by atoms with Crippen LogP contribution in [0.25, 0.3) is 0 Å². The third-order valence-corrected chi connectivity index (χ3v) is 3.98. The molecule has 2 amide bonds. The molecule has 2 rings (SSSR count). The first-order valence-electron chi connectivity index (χ1n) is 6.76. The van der Waals surface area contributed by atoms with Crippen LogP contribution in [0.1, 0.15) is 30.5 Å². The van der Waals surface area contributed by atoms with Gasteiger partial charge < -0.3 is 10.6 Å². The fourth-order valence-corrected chi connectivity index (χ4v) is 2.92. The molecule has 0 aliphatic rings. The molecule has 0 unspecified atom stereocenters. The van der Waals surface area contributed by atoms with Crippen LogP contribution < -0.4 is 10.6 Å². The molecule has 0 bridgehead atoms. The van der Waals surface area contributed by atoms with Gasteiger partial charge in [0, 0.05) is 28.4 Å². The monoisotopic (exact) mass is 302 g/mol. The number of benzene rings is 1. The van der Waals surface area contributed by atoms with Crippen molar-refractivity contribution in [3.8, 4) is 0 Å². The number of nitrogens with one attached hydrogen (secondary N) is 2. The smallest absolute Gasteiger partial charge is 0.252 e. The van der Waals surface area contributed by atoms with Crippen molar-refractivity contribution >= 4 is 23.2 Å². The Morgan fingerprint density at radius 3 is 2.19 bits per heavy atom. The van der Waals surface area contributed by atoms with Gasteiger partial charge in [0.25, 0.3) is 11.8 Å². The lowest BCUT2D eigenvalue weighted by Crippen LogP contribution is -2.34. The summed E-state index contributed by atoms with van der Waals surface area (Å²) in [5.74, 6) is -0.224. The summed E-state index contributed by atoms with van der Waals surface area (Å²) in [6.45, 7) is 4.73. The predicted molar refractivity (Wildman–Crippen MR) is 84.9 cm³/mol. The third kappa shape index (κ3) is 4.16. The molecule has 0 saturated heterocycles. The van der Waals surface area contributed by atoms with E-state index in [0.717, 1.165) is 9.75 Å². The molecule has 2 N–H and O–H groups in total. The maximum atomic E-state index is 12.0. The van der Waals surface area contributed by atoms with Crippen molar-refractivity contribution in [3.63, 3.8) is 0 Å². The summed E-state index contributed by atoms with van der Waals surface area (Å²) < 4.78 is 0. The Bertz CT molecular complexity index is 635. The normalized spacial score (nSPS) is 10.2. The van der Waals surface area contributed by atoms with E-state index in [1.165, 1.54) is 0 Å². The van der Waals surface area contributed by atoms with E-state index >= 15 is 0 Å². The molecule has 0 aliphatic heterocycles. The number of thiophene rings is 1. The Hall–Kier alpha value is -2.14. The molecule has 0 spiro atoms. The van der Waals surface area contributed by atoms with Crippen LogP contribution in [-0.4, -0.2) is 24.9 Å². The summed E-state index contributed by atoms with van der Waals surface area (Å²) in [6, 6.07) is 10.9. The van der Waals surface area contributed by atoms with Crippen LogP contribution in [0.15, 0.2) is 36.4 Å². The average molecular weight is 302 g/mol. The molecule has 110 valence electrons. The lowest BCUT2D eigenvalue weighted by atomic mass is 10.2. The van der Waals surface area contributed by atoms with Gasteiger partial charge in [-0.25, -0.2) is 0 Å². The lowest BCUT2D eigenvalue weighted by Gasteiger charge is -2.07. The number of aryl methyl sites for hydroxylation is 2. The molecular weight excluding hydrogens is 284 g/mol. The molecule has 4 nitrogen and oxygen atoms in total. The standard InChI is InChI=1S/C16H18N2O2S/c1-11-10-14(12(2)21-11)16(20)18-9-8-17-15(19)13-6-4-3-5-7-13/h3-7,10H,8-9H2,1-2H3,(H,17,19)(H,18,20). The van der Waals surface area contributed by atoms with Crippen LogP contribution in [-0.2, 0) is 0 Å². The molecule has 1 heterocycles. The maximum absolute atomic E-state index is 12.0. The molecule has 5 heteroatoms. The van der Waals surface area contributed by atoms with Gasteiger partial charge in [-0.05, 0) is 32.0 Å². The first-order valence-corrected chi connectivity index (χ1v) is 7.58. The number of amides is 2. The summed E-state index contributed by atoms with van der Waals surface area (Å²) in [5, 5.41) is 5.59. The van der Waals surface area contributed by atoms with Crippen LogP contribution in [0.2, 0.25) is 0 Å². The molecule has 0 aliphatic carbocycles. The van der Waals surface area contributed by atoms with Crippen molar-refractivity contribution in [2.24, 2.45) is 0 Å². The van der Waals surface area contributed by atoms with E-state index in [1.807, 2.05) is 38.1 Å². The Labute approximate surface area is 128 Å². The predicted octanol–water partition coefficient (Wildman–Crippen LogP) is 2.52. The van der Waals surface area contributed by atoms with Gasteiger partial charge in [-0.2, -0.15) is 0 Å². The van der Waals surface area contributed by atoms with E-state index in [-0.39, 0.29) is 11.8 Å². The number of carbonyl (C=O) groups excluding carboxylic acids is 2. The summed E-state index contributed by atoms with van der Waals surface area (Å²) >= 11 is 1.61. The third-order valence-electron chi connectivity index (χ3n) is 3.02. The number of carbonyl (C=O) groups is 2. The maximum Gasteiger partial charge on any atom is 0.252 e. The van der Waals surface area contributed by atoms with Crippen molar-refractivity contribution in [1.82, 2.24) is 10.6 Å². The van der Waals surface area contributed by atoms with E-state index in [1.54, 1.807) is 23.5 Å². The highest BCUT2D eigenvalue weighted by Gasteiger charge is 2.11. The molecule has 0 atom stereocenters. The van der Waals surface area contributed by atoms with E-state index in [4.69, 9.17) is 0 Å². The van der Waals surface area contributed by atoms with Crippen molar-refractivity contribution in [2.75, 3.05) is 13.1 Å². The molecular formula is C16H18N2O2S. The minimum absolute atomic E-state index is 0.0918. The van der Waals surface area contributed by atoms with Crippen molar-refractivity contribution in [1.29, 1.82) is 0 Å². The van der Waals surface area contributed by atoms with Crippen LogP contribution >= 0.6 is 11.3 Å². The fraction of sp³-hybridized carbons (Fsp3) is 0.250. The zero-order valence-corrected chi connectivity index (χ0v) is 12.9. The summed E-state index contributed by atoms with van der Waals surface area (Å²) in [4.78, 5) is 25.9. The largest absolute Gasteiger partial charge is 0.350 e. The molecule has 0 saturated carbocycles. The summed E-state index contributed by atoms with van der Waals surface area (Å²) in [7, 11) is 0. The van der Waals surface area contributed by atoms with Crippen molar-refractivity contribution in [3.05, 3.63) is 57.3 Å². The first-order chi connectivity index (χ1) is 10.1. The molecule has 1 aromatic carbocycles. The van der Waals surface area contributed by atoms with Crippen molar-refractivity contribution < 1.29 is 9.59 Å².